The van der Waals surface area contributed by atoms with Crippen LogP contribution in [0.15, 0.2) is 31.0 Å². The van der Waals surface area contributed by atoms with Crippen LogP contribution < -0.4 is 0 Å². The van der Waals surface area contributed by atoms with Crippen LogP contribution >= 0.6 is 0 Å². The second kappa shape index (κ2) is 6.89. The Kier molecular flexibility index (Phi) is 4.87. The van der Waals surface area contributed by atoms with Gasteiger partial charge in [0.2, 0.25) is 0 Å². The predicted octanol–water partition coefficient (Wildman–Crippen LogP) is 2.24. The summed E-state index contributed by atoms with van der Waals surface area (Å²) in [6, 6.07) is 3.79. The van der Waals surface area contributed by atoms with E-state index in [0.29, 0.717) is 19.8 Å². The molecule has 2 saturated heterocycles. The normalized spacial score (nSPS) is 27.5. The Hall–Kier alpha value is -1.59. The Morgan fingerprint density at radius 1 is 1.61 bits per heavy atom. The summed E-state index contributed by atoms with van der Waals surface area (Å²) in [5.41, 5.74) is 0.655. The van der Waals surface area contributed by atoms with Crippen molar-refractivity contribution in [2.24, 2.45) is 12.5 Å². The Balaban J connectivity index is 1.76. The number of piperidine rings is 1. The molecule has 2 atom stereocenters. The van der Waals surface area contributed by atoms with Gasteiger partial charge in [0.1, 0.15) is 5.69 Å². The highest BCUT2D eigenvalue weighted by molar-refractivity contribution is 5.92. The average Bonchev–Trinajstić information content (AvgIpc) is 3.00. The number of aromatic nitrogens is 1. The number of hydrogen-bond acceptors (Lipinski definition) is 3. The number of rotatable bonds is 5. The van der Waals surface area contributed by atoms with E-state index in [-0.39, 0.29) is 17.4 Å². The number of fused-ring (bicyclic) bond motifs is 1. The SMILES string of the molecule is C=CCOC[C@]12CCCO[C@@H]1CCN(C(=O)c1cccn1C)C2. The molecule has 0 aliphatic carbocycles. The first-order chi connectivity index (χ1) is 11.2. The number of carbonyl (C=O) groups excluding carboxylic acids is 1. The summed E-state index contributed by atoms with van der Waals surface area (Å²) in [4.78, 5) is 14.8. The molecule has 2 aliphatic rings. The third-order valence-electron chi connectivity index (χ3n) is 5.06. The molecule has 23 heavy (non-hydrogen) atoms. The molecular weight excluding hydrogens is 292 g/mol. The van der Waals surface area contributed by atoms with E-state index >= 15 is 0 Å². The van der Waals surface area contributed by atoms with E-state index in [0.717, 1.165) is 38.1 Å². The van der Waals surface area contributed by atoms with Crippen LogP contribution in [0.4, 0.5) is 0 Å². The van der Waals surface area contributed by atoms with Crippen molar-refractivity contribution >= 4 is 5.91 Å². The summed E-state index contributed by atoms with van der Waals surface area (Å²) in [6.07, 6.45) is 6.83. The summed E-state index contributed by atoms with van der Waals surface area (Å²) in [7, 11) is 1.91. The number of likely N-dealkylation sites (tertiary alicyclic amines) is 1. The maximum absolute atomic E-state index is 12.8. The minimum absolute atomic E-state index is 0.0830. The lowest BCUT2D eigenvalue weighted by Crippen LogP contribution is -2.58. The fourth-order valence-electron chi connectivity index (χ4n) is 3.87. The molecule has 2 fully saturated rings. The van der Waals surface area contributed by atoms with E-state index in [2.05, 4.69) is 6.58 Å². The topological polar surface area (TPSA) is 43.7 Å². The number of amides is 1. The van der Waals surface area contributed by atoms with E-state index in [4.69, 9.17) is 9.47 Å². The molecule has 5 nitrogen and oxygen atoms in total. The lowest BCUT2D eigenvalue weighted by molar-refractivity contribution is -0.144. The lowest BCUT2D eigenvalue weighted by atomic mass is 9.73. The first kappa shape index (κ1) is 16.3. The van der Waals surface area contributed by atoms with E-state index in [9.17, 15) is 4.79 Å². The molecule has 0 saturated carbocycles. The summed E-state index contributed by atoms with van der Waals surface area (Å²) in [6.45, 7) is 7.15. The summed E-state index contributed by atoms with van der Waals surface area (Å²) in [5.74, 6) is 0.101. The first-order valence-corrected chi connectivity index (χ1v) is 8.37. The lowest BCUT2D eigenvalue weighted by Gasteiger charge is -2.50. The van der Waals surface area contributed by atoms with Crippen molar-refractivity contribution in [3.8, 4) is 0 Å². The van der Waals surface area contributed by atoms with Gasteiger partial charge in [0.15, 0.2) is 0 Å². The van der Waals surface area contributed by atoms with Gasteiger partial charge in [-0.1, -0.05) is 6.08 Å². The van der Waals surface area contributed by atoms with Crippen LogP contribution in [-0.4, -0.2) is 54.4 Å². The van der Waals surface area contributed by atoms with Gasteiger partial charge in [-0.3, -0.25) is 4.79 Å². The zero-order valence-electron chi connectivity index (χ0n) is 13.9. The van der Waals surface area contributed by atoms with E-state index in [1.807, 2.05) is 34.8 Å². The molecular formula is C18H26N2O3. The number of aryl methyl sites for hydroxylation is 1. The monoisotopic (exact) mass is 318 g/mol. The highest BCUT2D eigenvalue weighted by Gasteiger charge is 2.47. The minimum Gasteiger partial charge on any atom is -0.377 e. The second-order valence-electron chi connectivity index (χ2n) is 6.65. The van der Waals surface area contributed by atoms with Crippen molar-refractivity contribution in [3.63, 3.8) is 0 Å². The Morgan fingerprint density at radius 2 is 2.48 bits per heavy atom. The van der Waals surface area contributed by atoms with E-state index in [1.165, 1.54) is 0 Å². The molecule has 3 rings (SSSR count). The zero-order chi connectivity index (χ0) is 16.3. The summed E-state index contributed by atoms with van der Waals surface area (Å²) < 4.78 is 13.7. The smallest absolute Gasteiger partial charge is 0.270 e. The molecule has 0 spiro atoms. The molecule has 5 heteroatoms. The van der Waals surface area contributed by atoms with Gasteiger partial charge < -0.3 is 18.9 Å². The first-order valence-electron chi connectivity index (χ1n) is 8.37. The third kappa shape index (κ3) is 3.21. The summed E-state index contributed by atoms with van der Waals surface area (Å²) in [5, 5.41) is 0. The minimum atomic E-state index is -0.0830. The van der Waals surface area contributed by atoms with Crippen LogP contribution in [0, 0.1) is 5.41 Å². The van der Waals surface area contributed by atoms with E-state index < -0.39 is 0 Å². The highest BCUT2D eigenvalue weighted by Crippen LogP contribution is 2.40. The molecule has 1 amide bonds. The molecule has 0 N–H and O–H groups in total. The molecule has 3 heterocycles. The molecule has 126 valence electrons. The van der Waals surface area contributed by atoms with Crippen LogP contribution in [0.5, 0.6) is 0 Å². The molecule has 1 aromatic heterocycles. The van der Waals surface area contributed by atoms with Gasteiger partial charge >= 0.3 is 0 Å². The molecule has 0 unspecified atom stereocenters. The quantitative estimate of drug-likeness (QED) is 0.618. The second-order valence-corrected chi connectivity index (χ2v) is 6.65. The average molecular weight is 318 g/mol. The largest absolute Gasteiger partial charge is 0.377 e. The van der Waals surface area contributed by atoms with Gasteiger partial charge in [0, 0.05) is 38.4 Å². The van der Waals surface area contributed by atoms with Crippen molar-refractivity contribution < 1.29 is 14.3 Å². The van der Waals surface area contributed by atoms with Crippen molar-refractivity contribution in [3.05, 3.63) is 36.7 Å². The van der Waals surface area contributed by atoms with Crippen molar-refractivity contribution in [1.29, 1.82) is 0 Å². The number of hydrogen-bond donors (Lipinski definition) is 0. The van der Waals surface area contributed by atoms with Crippen molar-refractivity contribution in [2.75, 3.05) is 32.9 Å². The Bertz CT molecular complexity index is 568. The molecule has 2 aliphatic heterocycles. The number of ether oxygens (including phenoxy) is 2. The molecule has 0 bridgehead atoms. The highest BCUT2D eigenvalue weighted by atomic mass is 16.5. The third-order valence-corrected chi connectivity index (χ3v) is 5.06. The number of nitrogens with zero attached hydrogens (tertiary/aromatic N) is 2. The summed E-state index contributed by atoms with van der Waals surface area (Å²) >= 11 is 0. The zero-order valence-corrected chi connectivity index (χ0v) is 13.9. The predicted molar refractivity (Wildman–Crippen MR) is 88.4 cm³/mol. The van der Waals surface area contributed by atoms with Crippen LogP contribution in [-0.2, 0) is 16.5 Å². The number of carbonyl (C=O) groups is 1. The van der Waals surface area contributed by atoms with Crippen LogP contribution in [0.3, 0.4) is 0 Å². The maximum atomic E-state index is 12.8. The van der Waals surface area contributed by atoms with Crippen molar-refractivity contribution in [2.45, 2.75) is 25.4 Å². The van der Waals surface area contributed by atoms with Crippen LogP contribution in [0.1, 0.15) is 29.8 Å². The van der Waals surface area contributed by atoms with Gasteiger partial charge in [-0.2, -0.15) is 0 Å². The van der Waals surface area contributed by atoms with Crippen molar-refractivity contribution in [1.82, 2.24) is 9.47 Å². The molecule has 1 aromatic rings. The molecule has 0 radical (unpaired) electrons. The van der Waals surface area contributed by atoms with E-state index in [1.54, 1.807) is 6.08 Å². The van der Waals surface area contributed by atoms with Gasteiger partial charge in [0.05, 0.1) is 19.3 Å². The van der Waals surface area contributed by atoms with Gasteiger partial charge in [-0.15, -0.1) is 6.58 Å². The standard InChI is InChI=1S/C18H26N2O3/c1-3-11-22-14-18-8-5-12-23-16(18)7-10-20(13-18)17(21)15-6-4-9-19(15)2/h3-4,6,9,16H,1,5,7-8,10-14H2,2H3/t16-,18-/m1/s1. The Morgan fingerprint density at radius 3 is 3.22 bits per heavy atom. The van der Waals surface area contributed by atoms with Gasteiger partial charge in [0.25, 0.3) is 5.91 Å². The fourth-order valence-corrected chi connectivity index (χ4v) is 3.87. The van der Waals surface area contributed by atoms with Crippen LogP contribution in [0.2, 0.25) is 0 Å². The van der Waals surface area contributed by atoms with Gasteiger partial charge in [-0.05, 0) is 31.4 Å². The van der Waals surface area contributed by atoms with Gasteiger partial charge in [-0.25, -0.2) is 0 Å². The molecule has 0 aromatic carbocycles. The Labute approximate surface area is 137 Å². The maximum Gasteiger partial charge on any atom is 0.270 e. The van der Waals surface area contributed by atoms with Crippen LogP contribution in [0.25, 0.3) is 0 Å². The fraction of sp³-hybridized carbons (Fsp3) is 0.611.